The topological polar surface area (TPSA) is 47.6 Å². The standard InChI is InChI=1S/C16H23NO3/c1-2-9-20-15-8-4-3-7-14(15)16(18)17-11-13-6-5-10-19-12-13/h3-4,7-8,13H,2,5-6,9-12H2,1H3,(H,17,18)/t13-/m0/s1. The van der Waals surface area contributed by atoms with Crippen LogP contribution in [0.5, 0.6) is 5.75 Å². The van der Waals surface area contributed by atoms with Gasteiger partial charge in [0.1, 0.15) is 5.75 Å². The largest absolute Gasteiger partial charge is 0.493 e. The summed E-state index contributed by atoms with van der Waals surface area (Å²) in [5.74, 6) is 1.02. The SMILES string of the molecule is CCCOc1ccccc1C(=O)NC[C@@H]1CCCOC1. The Morgan fingerprint density at radius 3 is 3.05 bits per heavy atom. The summed E-state index contributed by atoms with van der Waals surface area (Å²) >= 11 is 0. The third kappa shape index (κ3) is 4.23. The average molecular weight is 277 g/mol. The number of hydrogen-bond donors (Lipinski definition) is 1. The first kappa shape index (κ1) is 14.9. The number of ether oxygens (including phenoxy) is 2. The molecule has 1 aromatic rings. The average Bonchev–Trinajstić information content (AvgIpc) is 2.52. The van der Waals surface area contributed by atoms with Crippen molar-refractivity contribution >= 4 is 5.91 Å². The maximum Gasteiger partial charge on any atom is 0.255 e. The predicted molar refractivity (Wildman–Crippen MR) is 78.1 cm³/mol. The summed E-state index contributed by atoms with van der Waals surface area (Å²) in [6.45, 7) is 4.93. The van der Waals surface area contributed by atoms with Crippen molar-refractivity contribution in [2.75, 3.05) is 26.4 Å². The second kappa shape index (κ2) is 7.90. The summed E-state index contributed by atoms with van der Waals surface area (Å²) in [5, 5.41) is 2.99. The van der Waals surface area contributed by atoms with Gasteiger partial charge in [0.15, 0.2) is 0 Å². The van der Waals surface area contributed by atoms with Crippen molar-refractivity contribution in [1.82, 2.24) is 5.32 Å². The van der Waals surface area contributed by atoms with E-state index in [1.165, 1.54) is 0 Å². The molecule has 1 saturated heterocycles. The number of benzene rings is 1. The van der Waals surface area contributed by atoms with E-state index in [1.54, 1.807) is 6.07 Å². The zero-order chi connectivity index (χ0) is 14.2. The van der Waals surface area contributed by atoms with Crippen LogP contribution in [0.15, 0.2) is 24.3 Å². The number of rotatable bonds is 6. The molecule has 1 aromatic carbocycles. The van der Waals surface area contributed by atoms with Gasteiger partial charge in [0.25, 0.3) is 5.91 Å². The molecular weight excluding hydrogens is 254 g/mol. The normalized spacial score (nSPS) is 18.6. The fourth-order valence-electron chi connectivity index (χ4n) is 2.29. The Kier molecular flexibility index (Phi) is 5.87. The fourth-order valence-corrected chi connectivity index (χ4v) is 2.29. The van der Waals surface area contributed by atoms with Crippen molar-refractivity contribution in [2.45, 2.75) is 26.2 Å². The third-order valence-corrected chi connectivity index (χ3v) is 3.40. The second-order valence-corrected chi connectivity index (χ2v) is 5.14. The van der Waals surface area contributed by atoms with E-state index >= 15 is 0 Å². The van der Waals surface area contributed by atoms with E-state index in [9.17, 15) is 4.79 Å². The summed E-state index contributed by atoms with van der Waals surface area (Å²) < 4.78 is 11.0. The van der Waals surface area contributed by atoms with E-state index in [2.05, 4.69) is 5.32 Å². The number of carbonyl (C=O) groups excluding carboxylic acids is 1. The monoisotopic (exact) mass is 277 g/mol. The second-order valence-electron chi connectivity index (χ2n) is 5.14. The van der Waals surface area contributed by atoms with Crippen LogP contribution in [-0.4, -0.2) is 32.3 Å². The van der Waals surface area contributed by atoms with Gasteiger partial charge in [0, 0.05) is 13.2 Å². The molecule has 0 aromatic heterocycles. The molecule has 110 valence electrons. The minimum Gasteiger partial charge on any atom is -0.493 e. The van der Waals surface area contributed by atoms with E-state index < -0.39 is 0 Å². The molecule has 2 rings (SSSR count). The summed E-state index contributed by atoms with van der Waals surface area (Å²) in [6.07, 6.45) is 3.13. The predicted octanol–water partition coefficient (Wildman–Crippen LogP) is 2.63. The van der Waals surface area contributed by atoms with Gasteiger partial charge >= 0.3 is 0 Å². The Morgan fingerprint density at radius 1 is 1.45 bits per heavy atom. The van der Waals surface area contributed by atoms with Crippen molar-refractivity contribution in [3.8, 4) is 5.75 Å². The van der Waals surface area contributed by atoms with Gasteiger partial charge in [0.05, 0.1) is 18.8 Å². The van der Waals surface area contributed by atoms with Crippen molar-refractivity contribution < 1.29 is 14.3 Å². The van der Waals surface area contributed by atoms with Crippen molar-refractivity contribution in [3.63, 3.8) is 0 Å². The first-order valence-electron chi connectivity index (χ1n) is 7.39. The first-order valence-corrected chi connectivity index (χ1v) is 7.39. The van der Waals surface area contributed by atoms with Gasteiger partial charge in [-0.2, -0.15) is 0 Å². The zero-order valence-electron chi connectivity index (χ0n) is 12.1. The Hall–Kier alpha value is -1.55. The Bertz CT molecular complexity index is 427. The van der Waals surface area contributed by atoms with Gasteiger partial charge < -0.3 is 14.8 Å². The molecule has 1 atom stereocenters. The molecule has 1 N–H and O–H groups in total. The van der Waals surface area contributed by atoms with Crippen molar-refractivity contribution in [3.05, 3.63) is 29.8 Å². The summed E-state index contributed by atoms with van der Waals surface area (Å²) in [5.41, 5.74) is 0.609. The molecule has 0 bridgehead atoms. The lowest BCUT2D eigenvalue weighted by molar-refractivity contribution is 0.0536. The van der Waals surface area contributed by atoms with Gasteiger partial charge in [-0.25, -0.2) is 0 Å². The van der Waals surface area contributed by atoms with Crippen molar-refractivity contribution in [2.24, 2.45) is 5.92 Å². The highest BCUT2D eigenvalue weighted by Crippen LogP contribution is 2.18. The lowest BCUT2D eigenvalue weighted by atomic mass is 10.0. The smallest absolute Gasteiger partial charge is 0.255 e. The molecule has 0 unspecified atom stereocenters. The van der Waals surface area contributed by atoms with Crippen LogP contribution in [0.4, 0.5) is 0 Å². The minimum absolute atomic E-state index is 0.0673. The highest BCUT2D eigenvalue weighted by molar-refractivity contribution is 5.96. The van der Waals surface area contributed by atoms with Gasteiger partial charge in [-0.3, -0.25) is 4.79 Å². The maximum absolute atomic E-state index is 12.2. The zero-order valence-corrected chi connectivity index (χ0v) is 12.1. The summed E-state index contributed by atoms with van der Waals surface area (Å²) in [6, 6.07) is 7.39. The molecule has 1 heterocycles. The number of carbonyl (C=O) groups is 1. The van der Waals surface area contributed by atoms with Crippen LogP contribution in [0, 0.1) is 5.92 Å². The molecular formula is C16H23NO3. The summed E-state index contributed by atoms with van der Waals surface area (Å²) in [7, 11) is 0. The van der Waals surface area contributed by atoms with E-state index in [0.717, 1.165) is 32.5 Å². The lowest BCUT2D eigenvalue weighted by Crippen LogP contribution is -2.33. The first-order chi connectivity index (χ1) is 9.81. The number of para-hydroxylation sites is 1. The molecule has 0 saturated carbocycles. The molecule has 0 aliphatic carbocycles. The molecule has 4 nitrogen and oxygen atoms in total. The highest BCUT2D eigenvalue weighted by atomic mass is 16.5. The highest BCUT2D eigenvalue weighted by Gasteiger charge is 2.17. The van der Waals surface area contributed by atoms with E-state index in [-0.39, 0.29) is 5.91 Å². The van der Waals surface area contributed by atoms with Crippen LogP contribution in [0.3, 0.4) is 0 Å². The van der Waals surface area contributed by atoms with E-state index in [0.29, 0.717) is 30.4 Å². The number of amides is 1. The molecule has 1 fully saturated rings. The van der Waals surface area contributed by atoms with Crippen LogP contribution in [0.2, 0.25) is 0 Å². The van der Waals surface area contributed by atoms with E-state index in [1.807, 2.05) is 25.1 Å². The van der Waals surface area contributed by atoms with Gasteiger partial charge in [-0.1, -0.05) is 19.1 Å². The quantitative estimate of drug-likeness (QED) is 0.869. The molecule has 1 aliphatic rings. The van der Waals surface area contributed by atoms with Crippen molar-refractivity contribution in [1.29, 1.82) is 0 Å². The van der Waals surface area contributed by atoms with Crippen LogP contribution < -0.4 is 10.1 Å². The Balaban J connectivity index is 1.90. The maximum atomic E-state index is 12.2. The fraction of sp³-hybridized carbons (Fsp3) is 0.562. The van der Waals surface area contributed by atoms with Crippen LogP contribution in [-0.2, 0) is 4.74 Å². The Labute approximate surface area is 120 Å². The third-order valence-electron chi connectivity index (χ3n) is 3.40. The van der Waals surface area contributed by atoms with Gasteiger partial charge in [-0.05, 0) is 37.3 Å². The number of hydrogen-bond acceptors (Lipinski definition) is 3. The molecule has 4 heteroatoms. The van der Waals surface area contributed by atoms with Crippen LogP contribution in [0.25, 0.3) is 0 Å². The van der Waals surface area contributed by atoms with Crippen LogP contribution >= 0.6 is 0 Å². The molecule has 1 amide bonds. The van der Waals surface area contributed by atoms with E-state index in [4.69, 9.17) is 9.47 Å². The van der Waals surface area contributed by atoms with Crippen LogP contribution in [0.1, 0.15) is 36.5 Å². The van der Waals surface area contributed by atoms with Gasteiger partial charge in [-0.15, -0.1) is 0 Å². The van der Waals surface area contributed by atoms with Gasteiger partial charge in [0.2, 0.25) is 0 Å². The lowest BCUT2D eigenvalue weighted by Gasteiger charge is -2.22. The molecule has 0 spiro atoms. The molecule has 20 heavy (non-hydrogen) atoms. The summed E-state index contributed by atoms with van der Waals surface area (Å²) in [4.78, 5) is 12.2. The minimum atomic E-state index is -0.0673. The Morgan fingerprint density at radius 2 is 2.30 bits per heavy atom. The molecule has 0 radical (unpaired) electrons. The molecule has 1 aliphatic heterocycles. The number of nitrogens with one attached hydrogen (secondary N) is 1.